The van der Waals surface area contributed by atoms with Gasteiger partial charge in [0.05, 0.1) is 0 Å². The summed E-state index contributed by atoms with van der Waals surface area (Å²) in [4.78, 5) is 0. The molecule has 0 aromatic rings. The van der Waals surface area contributed by atoms with E-state index in [9.17, 15) is 4.48 Å². The predicted molar refractivity (Wildman–Crippen MR) is 28.6 cm³/mol. The minimum Gasteiger partial charge on any atom is -0.159 e. The van der Waals surface area contributed by atoms with Crippen molar-refractivity contribution in [3.63, 3.8) is 0 Å². The molecule has 0 aromatic carbocycles. The van der Waals surface area contributed by atoms with Gasteiger partial charge in [0, 0.05) is 6.54 Å². The summed E-state index contributed by atoms with van der Waals surface area (Å²) in [5, 5.41) is 0. The second-order valence-electron chi connectivity index (χ2n) is 2.07. The monoisotopic (exact) mass is 105 g/mol. The third-order valence-corrected chi connectivity index (χ3v) is 0.816. The van der Waals surface area contributed by atoms with Gasteiger partial charge in [-0.2, -0.15) is 5.54 Å². The highest BCUT2D eigenvalue weighted by molar-refractivity contribution is 4.43. The van der Waals surface area contributed by atoms with Crippen LogP contribution < -0.4 is 5.54 Å². The highest BCUT2D eigenvalue weighted by Crippen LogP contribution is 1.95. The fourth-order valence-electron chi connectivity index (χ4n) is 0.343. The Labute approximate surface area is 43.8 Å². The van der Waals surface area contributed by atoms with Gasteiger partial charge in [-0.15, -0.1) is 4.48 Å². The fraction of sp³-hybridized carbons (Fsp3) is 1.00. The maximum atomic E-state index is 11.1. The van der Waals surface area contributed by atoms with Crippen molar-refractivity contribution in [3.05, 3.63) is 0 Å². The highest BCUT2D eigenvalue weighted by Gasteiger charge is 1.89. The van der Waals surface area contributed by atoms with Crippen LogP contribution in [0.2, 0.25) is 0 Å². The Balaban J connectivity index is 2.68. The van der Waals surface area contributed by atoms with Gasteiger partial charge < -0.3 is 0 Å². The molecule has 1 nitrogen and oxygen atoms in total. The molecule has 0 fully saturated rings. The molecule has 0 amide bonds. The van der Waals surface area contributed by atoms with Gasteiger partial charge in [0.1, 0.15) is 0 Å². The first kappa shape index (κ1) is 6.89. The smallest absolute Gasteiger partial charge is 0.0262 e. The van der Waals surface area contributed by atoms with E-state index in [1.807, 2.05) is 0 Å². The zero-order valence-corrected chi connectivity index (χ0v) is 4.87. The van der Waals surface area contributed by atoms with Crippen LogP contribution in [0.25, 0.3) is 0 Å². The molecule has 0 atom stereocenters. The molecule has 0 aliphatic carbocycles. The zero-order chi connectivity index (χ0) is 5.70. The van der Waals surface area contributed by atoms with Crippen LogP contribution in [0.4, 0.5) is 4.48 Å². The molecule has 0 aliphatic rings. The third kappa shape index (κ3) is 5.89. The number of hydrogen-bond donors (Lipinski definition) is 1. The summed E-state index contributed by atoms with van der Waals surface area (Å²) >= 11 is 0. The molecule has 0 unspecified atom stereocenters. The quantitative estimate of drug-likeness (QED) is 0.536. The van der Waals surface area contributed by atoms with Crippen LogP contribution in [-0.4, -0.2) is 6.54 Å². The topological polar surface area (TPSA) is 12.0 Å². The summed E-state index contributed by atoms with van der Waals surface area (Å²) < 4.78 is 11.1. The fourth-order valence-corrected chi connectivity index (χ4v) is 0.343. The van der Waals surface area contributed by atoms with E-state index in [1.165, 1.54) is 0 Å². The first-order valence-electron chi connectivity index (χ1n) is 2.61. The molecule has 0 aromatic heterocycles. The molecule has 0 bridgehead atoms. The van der Waals surface area contributed by atoms with Crippen LogP contribution in [-0.2, 0) is 0 Å². The standard InChI is InChI=1S/C5H12FN/c1-5(2)3-4-7-6/h5,7H,3-4H2,1-2H3. The minimum absolute atomic E-state index is 0.484. The van der Waals surface area contributed by atoms with Gasteiger partial charge in [0.2, 0.25) is 0 Å². The van der Waals surface area contributed by atoms with Gasteiger partial charge in [0.15, 0.2) is 0 Å². The van der Waals surface area contributed by atoms with E-state index in [2.05, 4.69) is 13.8 Å². The molecule has 0 saturated heterocycles. The molecular weight excluding hydrogens is 93.1 g/mol. The average Bonchev–Trinajstić information content (AvgIpc) is 1.61. The zero-order valence-electron chi connectivity index (χ0n) is 4.87. The van der Waals surface area contributed by atoms with Gasteiger partial charge in [-0.05, 0) is 12.3 Å². The Kier molecular flexibility index (Phi) is 4.00. The molecule has 0 spiro atoms. The average molecular weight is 105 g/mol. The Bertz CT molecular complexity index is 37.1. The van der Waals surface area contributed by atoms with Gasteiger partial charge >= 0.3 is 0 Å². The second kappa shape index (κ2) is 4.06. The summed E-state index contributed by atoms with van der Waals surface area (Å²) in [5.74, 6) is 0.600. The van der Waals surface area contributed by atoms with Crippen molar-refractivity contribution in [3.8, 4) is 0 Å². The molecule has 0 saturated carbocycles. The first-order valence-corrected chi connectivity index (χ1v) is 2.61. The summed E-state index contributed by atoms with van der Waals surface area (Å²) in [7, 11) is 0. The van der Waals surface area contributed by atoms with E-state index in [1.54, 1.807) is 5.54 Å². The molecule has 2 heteroatoms. The normalized spacial score (nSPS) is 10.3. The number of rotatable bonds is 3. The van der Waals surface area contributed by atoms with Crippen molar-refractivity contribution in [1.29, 1.82) is 0 Å². The van der Waals surface area contributed by atoms with Crippen LogP contribution in [0, 0.1) is 5.92 Å². The Morgan fingerprint density at radius 1 is 1.57 bits per heavy atom. The maximum Gasteiger partial charge on any atom is 0.0262 e. The van der Waals surface area contributed by atoms with Crippen molar-refractivity contribution in [1.82, 2.24) is 5.54 Å². The van der Waals surface area contributed by atoms with Crippen LogP contribution in [0.3, 0.4) is 0 Å². The molecule has 0 aliphatic heterocycles. The van der Waals surface area contributed by atoms with Crippen LogP contribution >= 0.6 is 0 Å². The number of halogens is 1. The van der Waals surface area contributed by atoms with Crippen molar-refractivity contribution in [2.24, 2.45) is 5.92 Å². The first-order chi connectivity index (χ1) is 3.27. The second-order valence-corrected chi connectivity index (χ2v) is 2.07. The van der Waals surface area contributed by atoms with E-state index < -0.39 is 0 Å². The molecular formula is C5H12FN. The molecule has 44 valence electrons. The van der Waals surface area contributed by atoms with Crippen molar-refractivity contribution in [2.45, 2.75) is 20.3 Å². The lowest BCUT2D eigenvalue weighted by Gasteiger charge is -1.98. The number of nitrogens with one attached hydrogen (secondary N) is 1. The van der Waals surface area contributed by atoms with Crippen molar-refractivity contribution >= 4 is 0 Å². The summed E-state index contributed by atoms with van der Waals surface area (Å²) in [6.07, 6.45) is 0.913. The molecule has 0 radical (unpaired) electrons. The van der Waals surface area contributed by atoms with Crippen LogP contribution in [0.1, 0.15) is 20.3 Å². The molecule has 7 heavy (non-hydrogen) atoms. The van der Waals surface area contributed by atoms with Gasteiger partial charge in [-0.25, -0.2) is 0 Å². The Morgan fingerprint density at radius 3 is 2.29 bits per heavy atom. The lowest BCUT2D eigenvalue weighted by Crippen LogP contribution is -2.04. The summed E-state index contributed by atoms with van der Waals surface area (Å²) in [5.41, 5.74) is 1.60. The molecule has 0 heterocycles. The van der Waals surface area contributed by atoms with Crippen LogP contribution in [0.5, 0.6) is 0 Å². The van der Waals surface area contributed by atoms with E-state index in [4.69, 9.17) is 0 Å². The third-order valence-electron chi connectivity index (χ3n) is 0.816. The maximum absolute atomic E-state index is 11.1. The largest absolute Gasteiger partial charge is 0.159 e. The lowest BCUT2D eigenvalue weighted by molar-refractivity contribution is 0.318. The molecule has 1 N–H and O–H groups in total. The number of hydrogen-bond acceptors (Lipinski definition) is 1. The van der Waals surface area contributed by atoms with E-state index >= 15 is 0 Å². The Morgan fingerprint density at radius 2 is 2.14 bits per heavy atom. The van der Waals surface area contributed by atoms with E-state index in [0.717, 1.165) is 6.42 Å². The van der Waals surface area contributed by atoms with Gasteiger partial charge in [0.25, 0.3) is 0 Å². The van der Waals surface area contributed by atoms with Gasteiger partial charge in [-0.1, -0.05) is 13.8 Å². The van der Waals surface area contributed by atoms with Crippen molar-refractivity contribution in [2.75, 3.05) is 6.54 Å². The minimum atomic E-state index is 0.484. The summed E-state index contributed by atoms with van der Waals surface area (Å²) in [6.45, 7) is 4.62. The lowest BCUT2D eigenvalue weighted by atomic mass is 10.1. The SMILES string of the molecule is CC(C)CCNF. The van der Waals surface area contributed by atoms with E-state index in [-0.39, 0.29) is 0 Å². The van der Waals surface area contributed by atoms with Gasteiger partial charge in [-0.3, -0.25) is 0 Å². The molecule has 0 rings (SSSR count). The van der Waals surface area contributed by atoms with Crippen molar-refractivity contribution < 1.29 is 4.48 Å². The Hall–Kier alpha value is -0.110. The van der Waals surface area contributed by atoms with Crippen LogP contribution in [0.15, 0.2) is 0 Å². The summed E-state index contributed by atoms with van der Waals surface area (Å²) in [6, 6.07) is 0. The highest BCUT2D eigenvalue weighted by atomic mass is 19.2. The predicted octanol–water partition coefficient (Wildman–Crippen LogP) is 1.51. The van der Waals surface area contributed by atoms with E-state index in [0.29, 0.717) is 12.5 Å².